The Morgan fingerprint density at radius 1 is 0.971 bits per heavy atom. The molecule has 3 aromatic heterocycles. The van der Waals surface area contributed by atoms with Crippen molar-refractivity contribution in [3.05, 3.63) is 36.8 Å². The zero-order chi connectivity index (χ0) is 24.1. The molecule has 1 saturated heterocycles. The molecule has 176 valence electrons. The van der Waals surface area contributed by atoms with Crippen LogP contribution < -0.4 is 10.2 Å². The van der Waals surface area contributed by atoms with Crippen molar-refractivity contribution in [3.8, 4) is 28.3 Å². The number of aromatic amines is 1. The van der Waals surface area contributed by atoms with Gasteiger partial charge in [-0.15, -0.1) is 10.2 Å². The van der Waals surface area contributed by atoms with Crippen molar-refractivity contribution in [3.63, 3.8) is 0 Å². The molecule has 0 amide bonds. The topological polar surface area (TPSA) is 129 Å². The molecule has 4 aromatic rings. The summed E-state index contributed by atoms with van der Waals surface area (Å²) in [4.78, 5) is 15.5. The molecule has 0 saturated carbocycles. The van der Waals surface area contributed by atoms with Gasteiger partial charge in [-0.3, -0.25) is 5.10 Å². The van der Waals surface area contributed by atoms with Crippen molar-refractivity contribution in [2.24, 2.45) is 0 Å². The van der Waals surface area contributed by atoms with Crippen LogP contribution >= 0.6 is 0 Å². The molecule has 0 radical (unpaired) electrons. The number of hydrogen-bond donors (Lipinski definition) is 3. The molecule has 1 aromatic carbocycles. The zero-order valence-electron chi connectivity index (χ0n) is 20.0. The molecule has 4 heterocycles. The molecular formula is C24H29N9O. The van der Waals surface area contributed by atoms with Crippen molar-refractivity contribution < 1.29 is 5.11 Å². The average molecular weight is 460 g/mol. The van der Waals surface area contributed by atoms with Gasteiger partial charge < -0.3 is 15.3 Å². The van der Waals surface area contributed by atoms with E-state index in [-0.39, 0.29) is 16.8 Å². The van der Waals surface area contributed by atoms with Crippen LogP contribution in [0.15, 0.2) is 36.8 Å². The fourth-order valence-electron chi connectivity index (χ4n) is 5.04. The lowest BCUT2D eigenvalue weighted by Crippen LogP contribution is -2.62. The summed E-state index contributed by atoms with van der Waals surface area (Å²) >= 11 is 0. The van der Waals surface area contributed by atoms with Gasteiger partial charge in [0, 0.05) is 35.3 Å². The number of phenols is 1. The largest absolute Gasteiger partial charge is 0.507 e. The molecule has 10 nitrogen and oxygen atoms in total. The molecule has 34 heavy (non-hydrogen) atoms. The van der Waals surface area contributed by atoms with Gasteiger partial charge in [0.2, 0.25) is 5.95 Å². The minimum absolute atomic E-state index is 0.0219. The van der Waals surface area contributed by atoms with E-state index in [0.717, 1.165) is 18.4 Å². The number of aromatic hydroxyl groups is 1. The Bertz CT molecular complexity index is 1310. The summed E-state index contributed by atoms with van der Waals surface area (Å²) in [7, 11) is 2.02. The minimum atomic E-state index is 0.0219. The highest BCUT2D eigenvalue weighted by molar-refractivity contribution is 5.76. The van der Waals surface area contributed by atoms with Gasteiger partial charge in [-0.2, -0.15) is 5.10 Å². The van der Waals surface area contributed by atoms with Crippen LogP contribution in [0.5, 0.6) is 5.75 Å². The molecule has 5 rings (SSSR count). The molecule has 0 bridgehead atoms. The van der Waals surface area contributed by atoms with Crippen LogP contribution in [0.25, 0.3) is 33.7 Å². The van der Waals surface area contributed by atoms with Gasteiger partial charge in [-0.25, -0.2) is 15.0 Å². The van der Waals surface area contributed by atoms with Gasteiger partial charge in [0.1, 0.15) is 17.0 Å². The summed E-state index contributed by atoms with van der Waals surface area (Å²) in [5.41, 5.74) is 3.77. The number of piperidine rings is 1. The summed E-state index contributed by atoms with van der Waals surface area (Å²) < 4.78 is 0. The van der Waals surface area contributed by atoms with Crippen molar-refractivity contribution in [2.45, 2.75) is 57.7 Å². The Balaban J connectivity index is 1.37. The number of benzene rings is 1. The number of phenolic OH excluding ortho intramolecular Hbond substituents is 1. The predicted octanol–water partition coefficient (Wildman–Crippen LogP) is 3.32. The number of fused-ring (bicyclic) bond motifs is 1. The monoisotopic (exact) mass is 459 g/mol. The average Bonchev–Trinajstić information content (AvgIpc) is 3.24. The second-order valence-corrected chi connectivity index (χ2v) is 10.3. The van der Waals surface area contributed by atoms with E-state index in [1.807, 2.05) is 13.1 Å². The van der Waals surface area contributed by atoms with E-state index in [4.69, 9.17) is 0 Å². The Hall–Kier alpha value is -3.66. The molecule has 1 aliphatic rings. The van der Waals surface area contributed by atoms with Gasteiger partial charge in [0.05, 0.1) is 24.3 Å². The van der Waals surface area contributed by atoms with Crippen LogP contribution in [-0.4, -0.2) is 64.6 Å². The third-order valence-corrected chi connectivity index (χ3v) is 6.31. The molecule has 0 spiro atoms. The van der Waals surface area contributed by atoms with Crippen molar-refractivity contribution in [2.75, 3.05) is 11.9 Å². The standard InChI is InChI=1S/C24H29N9O/c1-23(2)9-15(10-24(3,4)32-23)33(5)22-26-12-18(29-31-22)16-7-6-14(8-20(16)34)17-11-25-21-19(28-17)13-27-30-21/h6-8,11-13,15,32,34H,9-10H2,1-5H3,(H,25,27,30). The summed E-state index contributed by atoms with van der Waals surface area (Å²) in [6.07, 6.45) is 6.87. The summed E-state index contributed by atoms with van der Waals surface area (Å²) in [6, 6.07) is 5.59. The maximum absolute atomic E-state index is 10.7. The van der Waals surface area contributed by atoms with Gasteiger partial charge in [-0.05, 0) is 52.7 Å². The summed E-state index contributed by atoms with van der Waals surface area (Å²) in [5, 5.41) is 29.9. The SMILES string of the molecule is CN(c1ncc(-c2ccc(-c3cnc4[nH]ncc4n3)cc2O)nn1)C1CC(C)(C)NC(C)(C)C1. The van der Waals surface area contributed by atoms with Crippen molar-refractivity contribution >= 4 is 17.1 Å². The first-order valence-corrected chi connectivity index (χ1v) is 11.3. The van der Waals surface area contributed by atoms with E-state index >= 15 is 0 Å². The fraction of sp³-hybridized carbons (Fsp3) is 0.417. The van der Waals surface area contributed by atoms with Crippen LogP contribution in [0.1, 0.15) is 40.5 Å². The first kappa shape index (κ1) is 22.1. The quantitative estimate of drug-likeness (QED) is 0.421. The van der Waals surface area contributed by atoms with E-state index < -0.39 is 0 Å². The van der Waals surface area contributed by atoms with Crippen molar-refractivity contribution in [1.82, 2.24) is 40.7 Å². The molecule has 0 aliphatic carbocycles. The predicted molar refractivity (Wildman–Crippen MR) is 130 cm³/mol. The second-order valence-electron chi connectivity index (χ2n) is 10.3. The lowest BCUT2D eigenvalue weighted by atomic mass is 9.79. The highest BCUT2D eigenvalue weighted by Crippen LogP contribution is 2.34. The molecular weight excluding hydrogens is 430 g/mol. The first-order valence-electron chi connectivity index (χ1n) is 11.3. The molecule has 3 N–H and O–H groups in total. The van der Waals surface area contributed by atoms with Crippen LogP contribution in [0.2, 0.25) is 0 Å². The molecule has 1 aliphatic heterocycles. The Kier molecular flexibility index (Phi) is 5.20. The van der Waals surface area contributed by atoms with E-state index in [9.17, 15) is 5.11 Å². The lowest BCUT2D eigenvalue weighted by Gasteiger charge is -2.48. The number of H-pyrrole nitrogens is 1. The van der Waals surface area contributed by atoms with Crippen LogP contribution in [0.4, 0.5) is 5.95 Å². The van der Waals surface area contributed by atoms with Crippen LogP contribution in [0, 0.1) is 0 Å². The van der Waals surface area contributed by atoms with Gasteiger partial charge in [-0.1, -0.05) is 6.07 Å². The Morgan fingerprint density at radius 3 is 2.38 bits per heavy atom. The first-order chi connectivity index (χ1) is 16.1. The number of hydrogen-bond acceptors (Lipinski definition) is 9. The van der Waals surface area contributed by atoms with Gasteiger partial charge in [0.15, 0.2) is 5.65 Å². The number of anilines is 1. The van der Waals surface area contributed by atoms with E-state index in [1.54, 1.807) is 30.7 Å². The van der Waals surface area contributed by atoms with Crippen LogP contribution in [-0.2, 0) is 0 Å². The van der Waals surface area contributed by atoms with Crippen molar-refractivity contribution in [1.29, 1.82) is 0 Å². The third kappa shape index (κ3) is 4.28. The number of nitrogens with one attached hydrogen (secondary N) is 2. The molecule has 0 atom stereocenters. The van der Waals surface area contributed by atoms with E-state index in [1.165, 1.54) is 0 Å². The highest BCUT2D eigenvalue weighted by atomic mass is 16.3. The third-order valence-electron chi connectivity index (χ3n) is 6.31. The Labute approximate surface area is 197 Å². The normalized spacial score (nSPS) is 17.7. The molecule has 10 heteroatoms. The maximum Gasteiger partial charge on any atom is 0.245 e. The summed E-state index contributed by atoms with van der Waals surface area (Å²) in [6.45, 7) is 8.90. The summed E-state index contributed by atoms with van der Waals surface area (Å²) in [5.74, 6) is 0.646. The van der Waals surface area contributed by atoms with Gasteiger partial charge in [0.25, 0.3) is 0 Å². The minimum Gasteiger partial charge on any atom is -0.507 e. The van der Waals surface area contributed by atoms with Crippen LogP contribution in [0.3, 0.4) is 0 Å². The lowest BCUT2D eigenvalue weighted by molar-refractivity contribution is 0.160. The zero-order valence-corrected chi connectivity index (χ0v) is 20.0. The number of rotatable bonds is 4. The molecule has 1 fully saturated rings. The maximum atomic E-state index is 10.7. The van der Waals surface area contributed by atoms with E-state index in [2.05, 4.69) is 73.3 Å². The highest BCUT2D eigenvalue weighted by Gasteiger charge is 2.39. The van der Waals surface area contributed by atoms with E-state index in [0.29, 0.717) is 40.1 Å². The smallest absolute Gasteiger partial charge is 0.245 e. The second kappa shape index (κ2) is 7.98. The molecule has 0 unspecified atom stereocenters. The number of nitrogens with zero attached hydrogens (tertiary/aromatic N) is 7. The number of aromatic nitrogens is 7. The Morgan fingerprint density at radius 2 is 1.71 bits per heavy atom. The van der Waals surface area contributed by atoms with Gasteiger partial charge >= 0.3 is 0 Å². The fourth-order valence-corrected chi connectivity index (χ4v) is 5.04.